The Morgan fingerprint density at radius 3 is 2.70 bits per heavy atom. The third kappa shape index (κ3) is 5.33. The molecule has 0 radical (unpaired) electrons. The Morgan fingerprint density at radius 1 is 1.22 bits per heavy atom. The maximum Gasteiger partial charge on any atom is 0.262 e. The number of hydroxylamine groups is 2. The highest BCUT2D eigenvalue weighted by Gasteiger charge is 2.26. The molecule has 0 aliphatic heterocycles. The number of benzene rings is 1. The maximum absolute atomic E-state index is 12.6. The molecule has 1 saturated carbocycles. The first-order valence-corrected chi connectivity index (χ1v) is 9.22. The van der Waals surface area contributed by atoms with E-state index in [2.05, 4.69) is 26.0 Å². The van der Waals surface area contributed by atoms with Crippen LogP contribution in [0.1, 0.15) is 38.5 Å². The first kappa shape index (κ1) is 19.0. The molecule has 0 spiro atoms. The molecule has 1 heterocycles. The van der Waals surface area contributed by atoms with E-state index in [0.29, 0.717) is 34.8 Å². The Bertz CT molecular complexity index is 781. The number of hydrogen-bond donors (Lipinski definition) is 3. The molecule has 27 heavy (non-hydrogen) atoms. The van der Waals surface area contributed by atoms with E-state index >= 15 is 0 Å². The van der Waals surface area contributed by atoms with Gasteiger partial charge in [0.05, 0.1) is 18.0 Å². The standard InChI is InChI=1S/C18H24N6O3/c25-12-24(27)11-14(10-13-6-2-1-3-7-13)17(26)21-23-18-19-15-8-4-5-9-16(15)20-22-18/h4-5,8-9,12-14,27H,1-3,6-7,10-11H2,(H,21,26)(H,19,22,23). The highest BCUT2D eigenvalue weighted by atomic mass is 16.5. The number of carbonyl (C=O) groups is 2. The van der Waals surface area contributed by atoms with Crippen LogP contribution in [0, 0.1) is 11.8 Å². The van der Waals surface area contributed by atoms with Crippen LogP contribution in [0.25, 0.3) is 11.0 Å². The van der Waals surface area contributed by atoms with Gasteiger partial charge in [0, 0.05) is 0 Å². The largest absolute Gasteiger partial charge is 0.286 e. The van der Waals surface area contributed by atoms with Crippen molar-refractivity contribution in [3.63, 3.8) is 0 Å². The summed E-state index contributed by atoms with van der Waals surface area (Å²) in [4.78, 5) is 27.6. The number of nitrogens with one attached hydrogen (secondary N) is 2. The van der Waals surface area contributed by atoms with Crippen molar-refractivity contribution in [2.24, 2.45) is 11.8 Å². The second-order valence-corrected chi connectivity index (χ2v) is 6.90. The third-order valence-corrected chi connectivity index (χ3v) is 4.90. The lowest BCUT2D eigenvalue weighted by atomic mass is 9.82. The summed E-state index contributed by atoms with van der Waals surface area (Å²) < 4.78 is 0. The molecule has 9 nitrogen and oxygen atoms in total. The number of carbonyl (C=O) groups excluding carboxylic acids is 2. The fourth-order valence-corrected chi connectivity index (χ4v) is 3.51. The molecule has 3 N–H and O–H groups in total. The number of aromatic nitrogens is 3. The molecule has 9 heteroatoms. The zero-order valence-corrected chi connectivity index (χ0v) is 15.0. The topological polar surface area (TPSA) is 120 Å². The Kier molecular flexibility index (Phi) is 6.48. The average Bonchev–Trinajstić information content (AvgIpc) is 2.72. The average molecular weight is 372 g/mol. The minimum absolute atomic E-state index is 0.0512. The van der Waals surface area contributed by atoms with Gasteiger partial charge in [-0.1, -0.05) is 44.2 Å². The van der Waals surface area contributed by atoms with E-state index in [4.69, 9.17) is 0 Å². The number of nitrogens with zero attached hydrogens (tertiary/aromatic N) is 4. The maximum atomic E-state index is 12.6. The summed E-state index contributed by atoms with van der Waals surface area (Å²) in [5.41, 5.74) is 6.56. The van der Waals surface area contributed by atoms with Crippen LogP contribution in [0.15, 0.2) is 24.3 Å². The highest BCUT2D eigenvalue weighted by Crippen LogP contribution is 2.29. The van der Waals surface area contributed by atoms with E-state index in [0.717, 1.165) is 25.7 Å². The number of anilines is 1. The van der Waals surface area contributed by atoms with E-state index in [1.54, 1.807) is 12.1 Å². The fraction of sp³-hybridized carbons (Fsp3) is 0.500. The minimum atomic E-state index is -0.524. The third-order valence-electron chi connectivity index (χ3n) is 4.90. The molecule has 1 aromatic heterocycles. The normalized spacial score (nSPS) is 15.9. The van der Waals surface area contributed by atoms with Crippen LogP contribution in [0.2, 0.25) is 0 Å². The van der Waals surface area contributed by atoms with E-state index < -0.39 is 5.92 Å². The zero-order chi connectivity index (χ0) is 19.1. The first-order valence-electron chi connectivity index (χ1n) is 9.22. The van der Waals surface area contributed by atoms with Gasteiger partial charge in [0.15, 0.2) is 0 Å². The van der Waals surface area contributed by atoms with Crippen molar-refractivity contribution in [1.29, 1.82) is 0 Å². The van der Waals surface area contributed by atoms with Crippen LogP contribution < -0.4 is 10.9 Å². The van der Waals surface area contributed by atoms with E-state index in [-0.39, 0.29) is 18.4 Å². The van der Waals surface area contributed by atoms with Crippen molar-refractivity contribution < 1.29 is 14.8 Å². The molecule has 0 saturated heterocycles. The van der Waals surface area contributed by atoms with Crippen LogP contribution in [-0.2, 0) is 9.59 Å². The molecule has 2 amide bonds. The molecular formula is C18H24N6O3. The monoisotopic (exact) mass is 372 g/mol. The first-order chi connectivity index (χ1) is 13.2. The molecule has 144 valence electrons. The van der Waals surface area contributed by atoms with Crippen LogP contribution in [0.4, 0.5) is 5.95 Å². The van der Waals surface area contributed by atoms with E-state index in [1.807, 2.05) is 12.1 Å². The van der Waals surface area contributed by atoms with Crippen molar-refractivity contribution in [2.75, 3.05) is 12.0 Å². The molecule has 1 atom stereocenters. The quantitative estimate of drug-likeness (QED) is 0.368. The van der Waals surface area contributed by atoms with Gasteiger partial charge in [0.2, 0.25) is 12.3 Å². The second kappa shape index (κ2) is 9.22. The molecular weight excluding hydrogens is 348 g/mol. The summed E-state index contributed by atoms with van der Waals surface area (Å²) in [6.45, 7) is -0.0512. The summed E-state index contributed by atoms with van der Waals surface area (Å²) >= 11 is 0. The molecule has 0 bridgehead atoms. The summed E-state index contributed by atoms with van der Waals surface area (Å²) in [7, 11) is 0. The van der Waals surface area contributed by atoms with Gasteiger partial charge >= 0.3 is 0 Å². The smallest absolute Gasteiger partial charge is 0.262 e. The Balaban J connectivity index is 1.62. The lowest BCUT2D eigenvalue weighted by Crippen LogP contribution is -2.41. The predicted octanol–water partition coefficient (Wildman–Crippen LogP) is 1.90. The zero-order valence-electron chi connectivity index (χ0n) is 15.0. The Morgan fingerprint density at radius 2 is 1.96 bits per heavy atom. The molecule has 1 aromatic carbocycles. The predicted molar refractivity (Wildman–Crippen MR) is 98.3 cm³/mol. The molecule has 1 unspecified atom stereocenters. The Labute approximate surface area is 157 Å². The molecule has 2 aromatic rings. The summed E-state index contributed by atoms with van der Waals surface area (Å²) in [6, 6.07) is 7.29. The van der Waals surface area contributed by atoms with Gasteiger partial charge in [-0.25, -0.2) is 10.0 Å². The van der Waals surface area contributed by atoms with Gasteiger partial charge in [-0.05, 0) is 24.5 Å². The van der Waals surface area contributed by atoms with Gasteiger partial charge in [-0.2, -0.15) is 0 Å². The van der Waals surface area contributed by atoms with Crippen molar-refractivity contribution in [3.8, 4) is 0 Å². The molecule has 1 aliphatic rings. The summed E-state index contributed by atoms with van der Waals surface area (Å²) in [6.07, 6.45) is 6.61. The molecule has 1 fully saturated rings. The van der Waals surface area contributed by atoms with Crippen LogP contribution in [-0.4, -0.2) is 44.3 Å². The van der Waals surface area contributed by atoms with E-state index in [1.165, 1.54) is 6.42 Å². The summed E-state index contributed by atoms with van der Waals surface area (Å²) in [5, 5.41) is 18.0. The number of fused-ring (bicyclic) bond motifs is 1. The highest BCUT2D eigenvalue weighted by molar-refractivity contribution is 5.80. The fourth-order valence-electron chi connectivity index (χ4n) is 3.51. The van der Waals surface area contributed by atoms with Crippen molar-refractivity contribution >= 4 is 29.3 Å². The second-order valence-electron chi connectivity index (χ2n) is 6.90. The van der Waals surface area contributed by atoms with Crippen LogP contribution in [0.3, 0.4) is 0 Å². The van der Waals surface area contributed by atoms with Gasteiger partial charge in [-0.15, -0.1) is 10.2 Å². The number of hydrogen-bond acceptors (Lipinski definition) is 7. The molecule has 1 aliphatic carbocycles. The lowest BCUT2D eigenvalue weighted by Gasteiger charge is -2.27. The van der Waals surface area contributed by atoms with Crippen molar-refractivity contribution in [1.82, 2.24) is 25.7 Å². The SMILES string of the molecule is O=CN(O)CC(CC1CCCCC1)C(=O)NNc1nnc2ccccc2n1. The van der Waals surface area contributed by atoms with Gasteiger partial charge in [0.25, 0.3) is 5.95 Å². The number of para-hydroxylation sites is 1. The van der Waals surface area contributed by atoms with Crippen LogP contribution >= 0.6 is 0 Å². The van der Waals surface area contributed by atoms with Crippen molar-refractivity contribution in [3.05, 3.63) is 24.3 Å². The van der Waals surface area contributed by atoms with E-state index in [9.17, 15) is 14.8 Å². The van der Waals surface area contributed by atoms with Crippen LogP contribution in [0.5, 0.6) is 0 Å². The number of amides is 2. The summed E-state index contributed by atoms with van der Waals surface area (Å²) in [5.74, 6) is -0.245. The van der Waals surface area contributed by atoms with Gasteiger partial charge in [0.1, 0.15) is 5.52 Å². The number of hydrazine groups is 1. The number of rotatable bonds is 8. The van der Waals surface area contributed by atoms with Gasteiger partial charge < -0.3 is 0 Å². The minimum Gasteiger partial charge on any atom is -0.286 e. The lowest BCUT2D eigenvalue weighted by molar-refractivity contribution is -0.155. The Hall–Kier alpha value is -2.81. The van der Waals surface area contributed by atoms with Gasteiger partial charge in [-0.3, -0.25) is 25.6 Å². The van der Waals surface area contributed by atoms with Crippen molar-refractivity contribution in [2.45, 2.75) is 38.5 Å². The molecule has 3 rings (SSSR count).